The number of hydrogen-bond acceptors (Lipinski definition) is 4. The fourth-order valence-corrected chi connectivity index (χ4v) is 3.84. The maximum absolute atomic E-state index is 13.7. The molecule has 4 nitrogen and oxygen atoms in total. The van der Waals surface area contributed by atoms with Gasteiger partial charge in [0.15, 0.2) is 16.1 Å². The summed E-state index contributed by atoms with van der Waals surface area (Å²) in [5, 5.41) is 10.4. The topological polar surface area (TPSA) is 63.6 Å². The fraction of sp³-hybridized carbons (Fsp3) is 0.263. The van der Waals surface area contributed by atoms with Crippen LogP contribution in [-0.4, -0.2) is 31.7 Å². The number of benzene rings is 2. The van der Waals surface area contributed by atoms with Gasteiger partial charge in [0.2, 0.25) is 0 Å². The number of rotatable bonds is 3. The predicted octanol–water partition coefficient (Wildman–Crippen LogP) is 3.41. The highest BCUT2D eigenvalue weighted by atomic mass is 32.2. The van der Waals surface area contributed by atoms with Crippen LogP contribution in [0.4, 0.5) is 8.78 Å². The Bertz CT molecular complexity index is 972. The van der Waals surface area contributed by atoms with E-state index in [0.717, 1.165) is 24.5 Å². The second kappa shape index (κ2) is 6.26. The second-order valence-corrected chi connectivity index (χ2v) is 8.74. The minimum absolute atomic E-state index is 0.150. The third-order valence-corrected chi connectivity index (χ3v) is 5.40. The van der Waals surface area contributed by atoms with E-state index < -0.39 is 33.4 Å². The zero-order chi connectivity index (χ0) is 19.3. The standard InChI is InChI=1S/C19H18F2O4S/c1-19(2)17(11-4-6-15(7-5-11)26(3,23)24)16(18(22)25-19)12-8-13(20)10-14(21)9-12/h4-10,18,22H,1-3H3. The van der Waals surface area contributed by atoms with E-state index in [9.17, 15) is 22.3 Å². The smallest absolute Gasteiger partial charge is 0.183 e. The molecular weight excluding hydrogens is 362 g/mol. The van der Waals surface area contributed by atoms with Crippen LogP contribution in [0.25, 0.3) is 11.1 Å². The molecule has 0 aliphatic carbocycles. The second-order valence-electron chi connectivity index (χ2n) is 6.72. The average molecular weight is 380 g/mol. The maximum atomic E-state index is 13.7. The summed E-state index contributed by atoms with van der Waals surface area (Å²) in [6.07, 6.45) is -0.259. The Hall–Kier alpha value is -2.09. The highest BCUT2D eigenvalue weighted by Gasteiger charge is 2.41. The molecule has 1 atom stereocenters. The summed E-state index contributed by atoms with van der Waals surface area (Å²) in [6.45, 7) is 3.44. The monoisotopic (exact) mass is 380 g/mol. The molecule has 0 saturated heterocycles. The molecule has 0 aromatic heterocycles. The molecule has 1 heterocycles. The van der Waals surface area contributed by atoms with Crippen LogP contribution in [0.3, 0.4) is 0 Å². The van der Waals surface area contributed by atoms with E-state index in [1.165, 1.54) is 12.1 Å². The molecule has 1 N–H and O–H groups in total. The van der Waals surface area contributed by atoms with E-state index >= 15 is 0 Å². The van der Waals surface area contributed by atoms with Crippen molar-refractivity contribution >= 4 is 21.0 Å². The van der Waals surface area contributed by atoms with Crippen LogP contribution >= 0.6 is 0 Å². The molecule has 26 heavy (non-hydrogen) atoms. The van der Waals surface area contributed by atoms with Gasteiger partial charge in [0, 0.05) is 17.9 Å². The number of aliphatic hydroxyl groups excluding tert-OH is 1. The van der Waals surface area contributed by atoms with Gasteiger partial charge in [-0.05, 0) is 54.8 Å². The average Bonchev–Trinajstić information content (AvgIpc) is 2.74. The van der Waals surface area contributed by atoms with Gasteiger partial charge in [0.25, 0.3) is 0 Å². The van der Waals surface area contributed by atoms with E-state index in [1.807, 2.05) is 0 Å². The van der Waals surface area contributed by atoms with Gasteiger partial charge in [0.05, 0.1) is 10.5 Å². The normalized spacial score (nSPS) is 19.8. The van der Waals surface area contributed by atoms with Crippen molar-refractivity contribution in [3.05, 3.63) is 65.2 Å². The van der Waals surface area contributed by atoms with Crippen LogP contribution in [-0.2, 0) is 14.6 Å². The van der Waals surface area contributed by atoms with E-state index in [1.54, 1.807) is 26.0 Å². The highest BCUT2D eigenvalue weighted by Crippen LogP contribution is 2.46. The summed E-state index contributed by atoms with van der Waals surface area (Å²) in [5.74, 6) is -1.53. The zero-order valence-corrected chi connectivity index (χ0v) is 15.3. The van der Waals surface area contributed by atoms with Gasteiger partial charge in [-0.2, -0.15) is 0 Å². The Morgan fingerprint density at radius 3 is 2.04 bits per heavy atom. The first kappa shape index (κ1) is 18.7. The Balaban J connectivity index is 2.23. The first-order valence-electron chi connectivity index (χ1n) is 7.86. The van der Waals surface area contributed by atoms with Crippen molar-refractivity contribution in [1.29, 1.82) is 0 Å². The number of aliphatic hydroxyl groups is 1. The number of halogens is 2. The summed E-state index contributed by atoms with van der Waals surface area (Å²) in [6, 6.07) is 9.06. The molecule has 1 aliphatic rings. The molecule has 138 valence electrons. The first-order valence-corrected chi connectivity index (χ1v) is 9.76. The molecule has 2 aromatic rings. The highest BCUT2D eigenvalue weighted by molar-refractivity contribution is 7.90. The van der Waals surface area contributed by atoms with Crippen LogP contribution in [0.2, 0.25) is 0 Å². The number of ether oxygens (including phenoxy) is 1. The van der Waals surface area contributed by atoms with Crippen LogP contribution < -0.4 is 0 Å². The lowest BCUT2D eigenvalue weighted by atomic mass is 9.86. The van der Waals surface area contributed by atoms with Gasteiger partial charge in [-0.25, -0.2) is 17.2 Å². The zero-order valence-electron chi connectivity index (χ0n) is 14.5. The molecule has 7 heteroatoms. The van der Waals surface area contributed by atoms with Crippen molar-refractivity contribution in [2.24, 2.45) is 0 Å². The molecule has 1 unspecified atom stereocenters. The largest absolute Gasteiger partial charge is 0.364 e. The van der Waals surface area contributed by atoms with Crippen molar-refractivity contribution in [2.45, 2.75) is 30.6 Å². The lowest BCUT2D eigenvalue weighted by Crippen LogP contribution is -2.24. The van der Waals surface area contributed by atoms with E-state index in [0.29, 0.717) is 11.1 Å². The number of hydrogen-bond donors (Lipinski definition) is 1. The van der Waals surface area contributed by atoms with Gasteiger partial charge in [-0.3, -0.25) is 0 Å². The lowest BCUT2D eigenvalue weighted by molar-refractivity contribution is -0.101. The first-order chi connectivity index (χ1) is 12.0. The van der Waals surface area contributed by atoms with Crippen LogP contribution in [0.1, 0.15) is 25.0 Å². The van der Waals surface area contributed by atoms with Crippen LogP contribution in [0, 0.1) is 11.6 Å². The van der Waals surface area contributed by atoms with E-state index in [2.05, 4.69) is 0 Å². The van der Waals surface area contributed by atoms with Gasteiger partial charge >= 0.3 is 0 Å². The van der Waals surface area contributed by atoms with Crippen LogP contribution in [0.15, 0.2) is 47.4 Å². The molecule has 0 amide bonds. The molecule has 2 aromatic carbocycles. The van der Waals surface area contributed by atoms with Crippen molar-refractivity contribution in [3.63, 3.8) is 0 Å². The maximum Gasteiger partial charge on any atom is 0.183 e. The molecule has 0 bridgehead atoms. The Morgan fingerprint density at radius 1 is 1.00 bits per heavy atom. The molecule has 0 radical (unpaired) electrons. The third-order valence-electron chi connectivity index (χ3n) is 4.27. The van der Waals surface area contributed by atoms with Crippen molar-refractivity contribution in [2.75, 3.05) is 6.26 Å². The summed E-state index contributed by atoms with van der Waals surface area (Å²) >= 11 is 0. The summed E-state index contributed by atoms with van der Waals surface area (Å²) in [7, 11) is -3.36. The molecule has 3 rings (SSSR count). The van der Waals surface area contributed by atoms with Gasteiger partial charge in [-0.15, -0.1) is 0 Å². The van der Waals surface area contributed by atoms with Crippen molar-refractivity contribution in [1.82, 2.24) is 0 Å². The SMILES string of the molecule is CC1(C)OC(O)C(c2cc(F)cc(F)c2)=C1c1ccc(S(C)(=O)=O)cc1. The Kier molecular flexibility index (Phi) is 4.50. The van der Waals surface area contributed by atoms with Gasteiger partial charge in [0.1, 0.15) is 11.6 Å². The molecule has 1 aliphatic heterocycles. The molecule has 0 spiro atoms. The summed E-state index contributed by atoms with van der Waals surface area (Å²) in [5.41, 5.74) is 0.612. The summed E-state index contributed by atoms with van der Waals surface area (Å²) < 4.78 is 56.2. The fourth-order valence-electron chi connectivity index (χ4n) is 3.21. The minimum Gasteiger partial charge on any atom is -0.364 e. The molecular formula is C19H18F2O4S. The Labute approximate surface area is 150 Å². The van der Waals surface area contributed by atoms with Gasteiger partial charge in [-0.1, -0.05) is 12.1 Å². The predicted molar refractivity (Wildman–Crippen MR) is 93.9 cm³/mol. The summed E-state index contributed by atoms with van der Waals surface area (Å²) in [4.78, 5) is 0.150. The van der Waals surface area contributed by atoms with E-state index in [4.69, 9.17) is 4.74 Å². The Morgan fingerprint density at radius 2 is 1.54 bits per heavy atom. The lowest BCUT2D eigenvalue weighted by Gasteiger charge is -2.22. The molecule has 0 saturated carbocycles. The van der Waals surface area contributed by atoms with Crippen molar-refractivity contribution < 1.29 is 27.0 Å². The third kappa shape index (κ3) is 3.42. The van der Waals surface area contributed by atoms with E-state index in [-0.39, 0.29) is 16.0 Å². The molecule has 0 fully saturated rings. The number of sulfone groups is 1. The van der Waals surface area contributed by atoms with Crippen molar-refractivity contribution in [3.8, 4) is 0 Å². The van der Waals surface area contributed by atoms with Crippen LogP contribution in [0.5, 0.6) is 0 Å². The quantitative estimate of drug-likeness (QED) is 0.886. The van der Waals surface area contributed by atoms with Gasteiger partial charge < -0.3 is 9.84 Å². The minimum atomic E-state index is -3.36.